The molecule has 0 saturated carbocycles. The van der Waals surface area contributed by atoms with E-state index in [9.17, 15) is 9.59 Å². The Morgan fingerprint density at radius 1 is 1.67 bits per heavy atom. The number of hydrogen-bond donors (Lipinski definition) is 3. The Bertz CT molecular complexity index is 365. The molecule has 1 rings (SSSR count). The number of H-pyrrole nitrogens is 1. The summed E-state index contributed by atoms with van der Waals surface area (Å²) in [6.07, 6.45) is 0.493. The van der Waals surface area contributed by atoms with Crippen LogP contribution in [-0.4, -0.2) is 28.9 Å². The Balaban J connectivity index is 2.43. The molecule has 7 nitrogen and oxygen atoms in total. The molecule has 0 unspecified atom stereocenters. The van der Waals surface area contributed by atoms with Crippen molar-refractivity contribution in [3.05, 3.63) is 11.2 Å². The monoisotopic (exact) mass is 232 g/mol. The molecule has 0 fully saturated rings. The summed E-state index contributed by atoms with van der Waals surface area (Å²) in [6.45, 7) is 1.81. The van der Waals surface area contributed by atoms with Crippen LogP contribution in [0.3, 0.4) is 0 Å². The van der Waals surface area contributed by atoms with E-state index < -0.39 is 12.1 Å². The number of nitrogens with one attached hydrogen (secondary N) is 3. The fourth-order valence-electron chi connectivity index (χ4n) is 0.764. The third-order valence-corrected chi connectivity index (χ3v) is 1.61. The summed E-state index contributed by atoms with van der Waals surface area (Å²) in [5.74, 6) is 0.207. The summed E-state index contributed by atoms with van der Waals surface area (Å²) in [6, 6.07) is -0.750. The van der Waals surface area contributed by atoms with Crippen molar-refractivity contribution in [3.63, 3.8) is 0 Å². The molecule has 15 heavy (non-hydrogen) atoms. The number of aromatic nitrogens is 2. The van der Waals surface area contributed by atoms with E-state index in [0.717, 1.165) is 0 Å². The molecule has 1 aromatic rings. The van der Waals surface area contributed by atoms with Crippen LogP contribution in [0, 0.1) is 0 Å². The lowest BCUT2D eigenvalue weighted by molar-refractivity contribution is 0.154. The van der Waals surface area contributed by atoms with Gasteiger partial charge in [-0.05, 0) is 6.92 Å². The number of ether oxygens (including phenoxy) is 1. The van der Waals surface area contributed by atoms with Crippen molar-refractivity contribution in [2.24, 2.45) is 0 Å². The van der Waals surface area contributed by atoms with Crippen LogP contribution in [0.15, 0.2) is 6.20 Å². The molecule has 0 aliphatic carbocycles. The molecule has 1 aromatic heterocycles. The predicted molar refractivity (Wildman–Crippen MR) is 52.8 cm³/mol. The van der Waals surface area contributed by atoms with Crippen molar-refractivity contribution in [2.45, 2.75) is 6.92 Å². The van der Waals surface area contributed by atoms with Crippen LogP contribution in [0.4, 0.5) is 15.4 Å². The zero-order valence-corrected chi connectivity index (χ0v) is 8.59. The molecule has 1 heterocycles. The number of amides is 3. The maximum atomic E-state index is 11.1. The average Bonchev–Trinajstić information content (AvgIpc) is 2.52. The number of urea groups is 1. The Kier molecular flexibility index (Phi) is 3.92. The SMILES string of the molecule is CCOC(=O)NC(=O)Nc1[nH]ncc1Cl. The fraction of sp³-hybridized carbons (Fsp3) is 0.286. The Labute approximate surface area is 90.1 Å². The summed E-state index contributed by atoms with van der Waals surface area (Å²) in [5.41, 5.74) is 0. The lowest BCUT2D eigenvalue weighted by Gasteiger charge is -2.04. The first kappa shape index (κ1) is 11.3. The fourth-order valence-corrected chi connectivity index (χ4v) is 0.902. The van der Waals surface area contributed by atoms with Gasteiger partial charge < -0.3 is 4.74 Å². The Hall–Kier alpha value is -1.76. The molecule has 0 aliphatic heterocycles. The lowest BCUT2D eigenvalue weighted by Crippen LogP contribution is -2.34. The molecule has 8 heteroatoms. The van der Waals surface area contributed by atoms with Gasteiger partial charge in [-0.2, -0.15) is 5.10 Å². The summed E-state index contributed by atoms with van der Waals surface area (Å²) in [4.78, 5) is 21.9. The number of imide groups is 1. The number of anilines is 1. The normalized spacial score (nSPS) is 9.47. The van der Waals surface area contributed by atoms with Crippen molar-refractivity contribution in [1.82, 2.24) is 15.5 Å². The van der Waals surface area contributed by atoms with E-state index in [1.807, 2.05) is 5.32 Å². The van der Waals surface area contributed by atoms with Gasteiger partial charge in [-0.3, -0.25) is 10.4 Å². The second-order valence-electron chi connectivity index (χ2n) is 2.39. The highest BCUT2D eigenvalue weighted by Gasteiger charge is 2.10. The number of halogens is 1. The van der Waals surface area contributed by atoms with Gasteiger partial charge in [-0.25, -0.2) is 14.9 Å². The van der Waals surface area contributed by atoms with E-state index >= 15 is 0 Å². The summed E-state index contributed by atoms with van der Waals surface area (Å²) >= 11 is 5.63. The van der Waals surface area contributed by atoms with E-state index in [4.69, 9.17) is 11.6 Å². The zero-order valence-electron chi connectivity index (χ0n) is 7.83. The van der Waals surface area contributed by atoms with E-state index in [-0.39, 0.29) is 17.4 Å². The third-order valence-electron chi connectivity index (χ3n) is 1.32. The van der Waals surface area contributed by atoms with Crippen LogP contribution in [0.25, 0.3) is 0 Å². The summed E-state index contributed by atoms with van der Waals surface area (Å²) in [7, 11) is 0. The minimum absolute atomic E-state index is 0.184. The minimum Gasteiger partial charge on any atom is -0.450 e. The maximum Gasteiger partial charge on any atom is 0.415 e. The first-order valence-electron chi connectivity index (χ1n) is 4.07. The number of carbonyl (C=O) groups excluding carboxylic acids is 2. The molecule has 0 saturated heterocycles. The Morgan fingerprint density at radius 2 is 2.40 bits per heavy atom. The van der Waals surface area contributed by atoms with Gasteiger partial charge in [0.2, 0.25) is 0 Å². The highest BCUT2D eigenvalue weighted by Crippen LogP contribution is 2.16. The first-order chi connectivity index (χ1) is 7.13. The molecule has 3 N–H and O–H groups in total. The second-order valence-corrected chi connectivity index (χ2v) is 2.80. The molecule has 0 radical (unpaired) electrons. The molecule has 0 atom stereocenters. The van der Waals surface area contributed by atoms with Crippen LogP contribution < -0.4 is 10.6 Å². The lowest BCUT2D eigenvalue weighted by atomic mass is 10.6. The topological polar surface area (TPSA) is 96.1 Å². The highest BCUT2D eigenvalue weighted by molar-refractivity contribution is 6.33. The van der Waals surface area contributed by atoms with Crippen LogP contribution >= 0.6 is 11.6 Å². The van der Waals surface area contributed by atoms with E-state index in [2.05, 4.69) is 20.3 Å². The van der Waals surface area contributed by atoms with Crippen molar-refractivity contribution < 1.29 is 14.3 Å². The standard InChI is InChI=1S/C7H9ClN4O3/c1-2-15-7(14)11-6(13)10-5-4(8)3-9-12-5/h3H,2H2,1H3,(H3,9,10,11,12,13,14). The predicted octanol–water partition coefficient (Wildman–Crippen LogP) is 1.34. The van der Waals surface area contributed by atoms with Crippen molar-refractivity contribution in [1.29, 1.82) is 0 Å². The minimum atomic E-state index is -0.828. The number of nitrogens with zero attached hydrogens (tertiary/aromatic N) is 1. The van der Waals surface area contributed by atoms with Crippen LogP contribution in [-0.2, 0) is 4.74 Å². The van der Waals surface area contributed by atoms with Gasteiger partial charge in [-0.1, -0.05) is 11.6 Å². The van der Waals surface area contributed by atoms with Crippen molar-refractivity contribution >= 4 is 29.5 Å². The maximum absolute atomic E-state index is 11.1. The van der Waals surface area contributed by atoms with Gasteiger partial charge in [0, 0.05) is 0 Å². The first-order valence-corrected chi connectivity index (χ1v) is 4.45. The van der Waals surface area contributed by atoms with E-state index in [1.165, 1.54) is 6.20 Å². The molecular weight excluding hydrogens is 224 g/mol. The molecule has 0 aliphatic rings. The molecule has 0 spiro atoms. The summed E-state index contributed by atoms with van der Waals surface area (Å²) in [5, 5.41) is 10.5. The zero-order chi connectivity index (χ0) is 11.3. The van der Waals surface area contributed by atoms with Gasteiger partial charge in [0.05, 0.1) is 12.8 Å². The van der Waals surface area contributed by atoms with Gasteiger partial charge >= 0.3 is 12.1 Å². The summed E-state index contributed by atoms with van der Waals surface area (Å²) < 4.78 is 4.49. The largest absolute Gasteiger partial charge is 0.450 e. The van der Waals surface area contributed by atoms with Gasteiger partial charge in [-0.15, -0.1) is 0 Å². The molecule has 0 aromatic carbocycles. The Morgan fingerprint density at radius 3 is 2.93 bits per heavy atom. The average molecular weight is 233 g/mol. The highest BCUT2D eigenvalue weighted by atomic mass is 35.5. The van der Waals surface area contributed by atoms with Crippen LogP contribution in [0.2, 0.25) is 5.02 Å². The smallest absolute Gasteiger partial charge is 0.415 e. The third kappa shape index (κ3) is 3.47. The number of hydrogen-bond acceptors (Lipinski definition) is 4. The molecule has 0 bridgehead atoms. The number of carbonyl (C=O) groups is 2. The van der Waals surface area contributed by atoms with E-state index in [1.54, 1.807) is 6.92 Å². The number of alkyl carbamates (subject to hydrolysis) is 1. The molecular formula is C7H9ClN4O3. The van der Waals surface area contributed by atoms with Gasteiger partial charge in [0.1, 0.15) is 10.8 Å². The molecule has 3 amide bonds. The van der Waals surface area contributed by atoms with Gasteiger partial charge in [0.15, 0.2) is 0 Å². The van der Waals surface area contributed by atoms with Gasteiger partial charge in [0.25, 0.3) is 0 Å². The number of rotatable bonds is 2. The van der Waals surface area contributed by atoms with E-state index in [0.29, 0.717) is 0 Å². The van der Waals surface area contributed by atoms with Crippen molar-refractivity contribution in [3.8, 4) is 0 Å². The van der Waals surface area contributed by atoms with Crippen LogP contribution in [0.5, 0.6) is 0 Å². The van der Waals surface area contributed by atoms with Crippen molar-refractivity contribution in [2.75, 3.05) is 11.9 Å². The van der Waals surface area contributed by atoms with Crippen LogP contribution in [0.1, 0.15) is 6.92 Å². The second kappa shape index (κ2) is 5.20. The molecule has 82 valence electrons. The number of aromatic amines is 1. The quantitative estimate of drug-likeness (QED) is 0.717.